The minimum Gasteiger partial charge on any atom is -0.293 e. The Labute approximate surface area is 186 Å². The molecule has 3 aromatic carbocycles. The second kappa shape index (κ2) is 9.11. The van der Waals surface area contributed by atoms with Gasteiger partial charge in [0, 0.05) is 34.0 Å². The summed E-state index contributed by atoms with van der Waals surface area (Å²) >= 11 is 7.14. The Morgan fingerprint density at radius 1 is 1.00 bits per heavy atom. The fourth-order valence-corrected chi connectivity index (χ4v) is 3.94. The summed E-state index contributed by atoms with van der Waals surface area (Å²) in [7, 11) is 0. The summed E-state index contributed by atoms with van der Waals surface area (Å²) in [5.41, 5.74) is 1.87. The van der Waals surface area contributed by atoms with Gasteiger partial charge in [0.25, 0.3) is 5.69 Å². The highest BCUT2D eigenvalue weighted by Gasteiger charge is 2.19. The van der Waals surface area contributed by atoms with Gasteiger partial charge in [0.05, 0.1) is 10.7 Å². The van der Waals surface area contributed by atoms with Gasteiger partial charge >= 0.3 is 0 Å². The molecule has 0 saturated heterocycles. The predicted octanol–water partition coefficient (Wildman–Crippen LogP) is 5.47. The molecule has 9 heteroatoms. The average Bonchev–Trinajstić information content (AvgIpc) is 3.22. The number of hydrogen-bond acceptors (Lipinski definition) is 6. The lowest BCUT2D eigenvalue weighted by Gasteiger charge is -2.10. The molecule has 7 nitrogen and oxygen atoms in total. The molecule has 4 rings (SSSR count). The van der Waals surface area contributed by atoms with Crippen LogP contribution < -0.4 is 0 Å². The van der Waals surface area contributed by atoms with Crippen molar-refractivity contribution in [3.8, 4) is 17.1 Å². The molecule has 0 bridgehead atoms. The molecule has 0 radical (unpaired) electrons. The van der Waals surface area contributed by atoms with Crippen molar-refractivity contribution >= 4 is 34.8 Å². The smallest absolute Gasteiger partial charge is 0.270 e. The number of aromatic nitrogens is 3. The Bertz CT molecular complexity index is 1240. The van der Waals surface area contributed by atoms with Gasteiger partial charge in [-0.2, -0.15) is 0 Å². The first kappa shape index (κ1) is 20.8. The zero-order chi connectivity index (χ0) is 21.8. The van der Waals surface area contributed by atoms with Crippen LogP contribution in [-0.2, 0) is 0 Å². The zero-order valence-electron chi connectivity index (χ0n) is 16.0. The number of ketones is 1. The van der Waals surface area contributed by atoms with Crippen LogP contribution in [0.4, 0.5) is 5.69 Å². The molecule has 0 N–H and O–H groups in total. The largest absolute Gasteiger partial charge is 0.293 e. The van der Waals surface area contributed by atoms with E-state index in [0.717, 1.165) is 5.69 Å². The van der Waals surface area contributed by atoms with Gasteiger partial charge in [0.15, 0.2) is 16.8 Å². The highest BCUT2D eigenvalue weighted by Crippen LogP contribution is 2.30. The maximum Gasteiger partial charge on any atom is 0.270 e. The standard InChI is InChI=1S/C22H15ClN4O3S/c23-17-11-9-15(10-12-17)20(28)14-31-22-25-24-21(26(22)18-6-2-1-3-7-18)16-5-4-8-19(13-16)27(29)30/h1-13H,14H2. The number of non-ortho nitro benzene ring substituents is 1. The van der Waals surface area contributed by atoms with Gasteiger partial charge in [-0.05, 0) is 36.4 Å². The SMILES string of the molecule is O=C(CSc1nnc(-c2cccc([N+](=O)[O-])c2)n1-c1ccccc1)c1ccc(Cl)cc1. The van der Waals surface area contributed by atoms with E-state index < -0.39 is 4.92 Å². The number of Topliss-reactive ketones (excluding diaryl/α,β-unsaturated/α-hetero) is 1. The van der Waals surface area contributed by atoms with E-state index in [2.05, 4.69) is 10.2 Å². The van der Waals surface area contributed by atoms with Crippen LogP contribution in [0.2, 0.25) is 5.02 Å². The van der Waals surface area contributed by atoms with Gasteiger partial charge in [-0.1, -0.05) is 53.7 Å². The first-order chi connectivity index (χ1) is 15.0. The second-order valence-electron chi connectivity index (χ2n) is 6.50. The van der Waals surface area contributed by atoms with E-state index in [-0.39, 0.29) is 17.2 Å². The monoisotopic (exact) mass is 450 g/mol. The highest BCUT2D eigenvalue weighted by molar-refractivity contribution is 7.99. The third-order valence-electron chi connectivity index (χ3n) is 4.46. The summed E-state index contributed by atoms with van der Waals surface area (Å²) in [6.07, 6.45) is 0. The lowest BCUT2D eigenvalue weighted by molar-refractivity contribution is -0.384. The van der Waals surface area contributed by atoms with Crippen LogP contribution in [-0.4, -0.2) is 31.2 Å². The molecule has 4 aromatic rings. The van der Waals surface area contributed by atoms with Crippen molar-refractivity contribution in [1.29, 1.82) is 0 Å². The normalized spacial score (nSPS) is 10.7. The number of nitrogens with zero attached hydrogens (tertiary/aromatic N) is 4. The lowest BCUT2D eigenvalue weighted by Crippen LogP contribution is -2.05. The van der Waals surface area contributed by atoms with Gasteiger partial charge < -0.3 is 0 Å². The van der Waals surface area contributed by atoms with Crippen molar-refractivity contribution in [2.45, 2.75) is 5.16 Å². The molecular formula is C22H15ClN4O3S. The Kier molecular flexibility index (Phi) is 6.11. The van der Waals surface area contributed by atoms with Crippen LogP contribution in [0.5, 0.6) is 0 Å². The minimum absolute atomic E-state index is 0.0350. The molecule has 0 spiro atoms. The Morgan fingerprint density at radius 3 is 2.45 bits per heavy atom. The van der Waals surface area contributed by atoms with Crippen LogP contribution in [0.25, 0.3) is 17.1 Å². The molecule has 0 fully saturated rings. The molecule has 0 aliphatic rings. The molecule has 0 saturated carbocycles. The fraction of sp³-hybridized carbons (Fsp3) is 0.0455. The summed E-state index contributed by atoms with van der Waals surface area (Å²) in [5.74, 6) is 0.541. The topological polar surface area (TPSA) is 90.9 Å². The Morgan fingerprint density at radius 2 is 1.74 bits per heavy atom. The van der Waals surface area contributed by atoms with E-state index in [1.54, 1.807) is 41.0 Å². The van der Waals surface area contributed by atoms with E-state index in [0.29, 0.717) is 27.1 Å². The summed E-state index contributed by atoms with van der Waals surface area (Å²) in [6.45, 7) is 0. The molecular weight excluding hydrogens is 436 g/mol. The summed E-state index contributed by atoms with van der Waals surface area (Å²) in [6, 6.07) is 22.3. The van der Waals surface area contributed by atoms with Crippen molar-refractivity contribution in [1.82, 2.24) is 14.8 Å². The van der Waals surface area contributed by atoms with Crippen LogP contribution >= 0.6 is 23.4 Å². The van der Waals surface area contributed by atoms with Crippen molar-refractivity contribution < 1.29 is 9.72 Å². The molecule has 1 heterocycles. The molecule has 154 valence electrons. The maximum atomic E-state index is 12.6. The van der Waals surface area contributed by atoms with Crippen molar-refractivity contribution in [2.24, 2.45) is 0 Å². The molecule has 0 amide bonds. The summed E-state index contributed by atoms with van der Waals surface area (Å²) < 4.78 is 1.79. The second-order valence-corrected chi connectivity index (χ2v) is 7.88. The van der Waals surface area contributed by atoms with Crippen molar-refractivity contribution in [3.63, 3.8) is 0 Å². The van der Waals surface area contributed by atoms with Gasteiger partial charge in [-0.25, -0.2) is 0 Å². The third-order valence-corrected chi connectivity index (χ3v) is 5.64. The van der Waals surface area contributed by atoms with E-state index in [1.165, 1.54) is 23.9 Å². The number of rotatable bonds is 7. The molecule has 0 aliphatic heterocycles. The highest BCUT2D eigenvalue weighted by atomic mass is 35.5. The Hall–Kier alpha value is -3.49. The molecule has 0 unspecified atom stereocenters. The number of para-hydroxylation sites is 1. The minimum atomic E-state index is -0.451. The maximum absolute atomic E-state index is 12.6. The third kappa shape index (κ3) is 4.65. The van der Waals surface area contributed by atoms with Crippen LogP contribution in [0.3, 0.4) is 0 Å². The first-order valence-corrected chi connectivity index (χ1v) is 10.6. The van der Waals surface area contributed by atoms with E-state index in [9.17, 15) is 14.9 Å². The molecule has 1 aromatic heterocycles. The van der Waals surface area contributed by atoms with E-state index in [1.807, 2.05) is 30.3 Å². The van der Waals surface area contributed by atoms with Gasteiger partial charge in [0.1, 0.15) is 0 Å². The number of thioether (sulfide) groups is 1. The molecule has 31 heavy (non-hydrogen) atoms. The van der Waals surface area contributed by atoms with Crippen LogP contribution in [0.15, 0.2) is 84.0 Å². The summed E-state index contributed by atoms with van der Waals surface area (Å²) in [5, 5.41) is 20.8. The van der Waals surface area contributed by atoms with Crippen molar-refractivity contribution in [3.05, 3.63) is 99.6 Å². The van der Waals surface area contributed by atoms with Crippen LogP contribution in [0.1, 0.15) is 10.4 Å². The number of carbonyl (C=O) groups is 1. The first-order valence-electron chi connectivity index (χ1n) is 9.20. The van der Waals surface area contributed by atoms with E-state index in [4.69, 9.17) is 11.6 Å². The quantitative estimate of drug-likeness (QED) is 0.160. The number of carbonyl (C=O) groups excluding carboxylic acids is 1. The number of nitro benzene ring substituents is 1. The Balaban J connectivity index is 1.68. The number of hydrogen-bond donors (Lipinski definition) is 0. The zero-order valence-corrected chi connectivity index (χ0v) is 17.6. The van der Waals surface area contributed by atoms with Gasteiger partial charge in [0.2, 0.25) is 0 Å². The number of benzene rings is 3. The summed E-state index contributed by atoms with van der Waals surface area (Å²) in [4.78, 5) is 23.3. The van der Waals surface area contributed by atoms with Crippen LogP contribution in [0, 0.1) is 10.1 Å². The average molecular weight is 451 g/mol. The predicted molar refractivity (Wildman–Crippen MR) is 120 cm³/mol. The fourth-order valence-electron chi connectivity index (χ4n) is 2.97. The van der Waals surface area contributed by atoms with Crippen molar-refractivity contribution in [2.75, 3.05) is 5.75 Å². The molecule has 0 atom stereocenters. The van der Waals surface area contributed by atoms with Gasteiger partial charge in [-0.3, -0.25) is 19.5 Å². The van der Waals surface area contributed by atoms with Gasteiger partial charge in [-0.15, -0.1) is 10.2 Å². The lowest BCUT2D eigenvalue weighted by atomic mass is 10.1. The van der Waals surface area contributed by atoms with E-state index >= 15 is 0 Å². The molecule has 0 aliphatic carbocycles. The number of halogens is 1. The number of nitro groups is 1.